The third kappa shape index (κ3) is 4.03. The Morgan fingerprint density at radius 2 is 1.82 bits per heavy atom. The van der Waals surface area contributed by atoms with Gasteiger partial charge in [0.2, 0.25) is 11.9 Å². The SMILES string of the molecule is CC(C)(C)NC(=O)c1ccc(NC(=O)[C@H]2C[C@@H]2[N+](=O)[O-])cc1. The molecule has 1 saturated carbocycles. The molecule has 2 N–H and O–H groups in total. The molecule has 2 atom stereocenters. The van der Waals surface area contributed by atoms with Crippen molar-refractivity contribution in [3.8, 4) is 0 Å². The molecule has 0 aliphatic heterocycles. The molecule has 0 bridgehead atoms. The highest BCUT2D eigenvalue weighted by Crippen LogP contribution is 2.34. The molecule has 0 spiro atoms. The minimum atomic E-state index is -0.767. The maximum absolute atomic E-state index is 12.0. The lowest BCUT2D eigenvalue weighted by molar-refractivity contribution is -0.497. The van der Waals surface area contributed by atoms with Gasteiger partial charge in [-0.15, -0.1) is 0 Å². The molecule has 0 heterocycles. The van der Waals surface area contributed by atoms with E-state index in [9.17, 15) is 19.7 Å². The van der Waals surface area contributed by atoms with Gasteiger partial charge in [-0.2, -0.15) is 0 Å². The van der Waals surface area contributed by atoms with Gasteiger partial charge in [-0.05, 0) is 45.0 Å². The second-order valence-electron chi connectivity index (χ2n) is 6.47. The Labute approximate surface area is 128 Å². The van der Waals surface area contributed by atoms with Crippen molar-refractivity contribution in [1.82, 2.24) is 5.32 Å². The molecule has 7 nitrogen and oxygen atoms in total. The Hall–Kier alpha value is -2.44. The number of nitrogens with one attached hydrogen (secondary N) is 2. The number of anilines is 1. The van der Waals surface area contributed by atoms with Crippen LogP contribution in [0.4, 0.5) is 5.69 Å². The van der Waals surface area contributed by atoms with Crippen molar-refractivity contribution in [3.05, 3.63) is 39.9 Å². The highest BCUT2D eigenvalue weighted by molar-refractivity contribution is 5.97. The summed E-state index contributed by atoms with van der Waals surface area (Å²) in [6.07, 6.45) is 0.283. The summed E-state index contributed by atoms with van der Waals surface area (Å²) in [5.74, 6) is -1.10. The van der Waals surface area contributed by atoms with Gasteiger partial charge >= 0.3 is 0 Å². The van der Waals surface area contributed by atoms with Crippen LogP contribution in [0, 0.1) is 16.0 Å². The summed E-state index contributed by atoms with van der Waals surface area (Å²) >= 11 is 0. The van der Waals surface area contributed by atoms with Gasteiger partial charge in [0.25, 0.3) is 5.91 Å². The average molecular weight is 305 g/mol. The van der Waals surface area contributed by atoms with Crippen molar-refractivity contribution >= 4 is 17.5 Å². The third-order valence-corrected chi connectivity index (χ3v) is 3.27. The summed E-state index contributed by atoms with van der Waals surface area (Å²) in [7, 11) is 0. The molecule has 0 saturated heterocycles. The Morgan fingerprint density at radius 1 is 1.23 bits per heavy atom. The summed E-state index contributed by atoms with van der Waals surface area (Å²) in [5, 5.41) is 16.0. The summed E-state index contributed by atoms with van der Waals surface area (Å²) in [6, 6.07) is 5.66. The number of nitro groups is 1. The van der Waals surface area contributed by atoms with Crippen molar-refractivity contribution in [2.24, 2.45) is 5.92 Å². The van der Waals surface area contributed by atoms with Gasteiger partial charge in [0.05, 0.1) is 0 Å². The number of rotatable bonds is 4. The summed E-state index contributed by atoms with van der Waals surface area (Å²) < 4.78 is 0. The predicted octanol–water partition coefficient (Wildman–Crippen LogP) is 1.82. The first kappa shape index (κ1) is 15.9. The van der Waals surface area contributed by atoms with Crippen molar-refractivity contribution in [2.75, 3.05) is 5.32 Å². The van der Waals surface area contributed by atoms with Crippen LogP contribution in [-0.4, -0.2) is 28.3 Å². The summed E-state index contributed by atoms with van der Waals surface area (Å²) in [5.41, 5.74) is 0.682. The van der Waals surface area contributed by atoms with E-state index in [0.717, 1.165) is 0 Å². The highest BCUT2D eigenvalue weighted by atomic mass is 16.6. The number of hydrogen-bond acceptors (Lipinski definition) is 4. The van der Waals surface area contributed by atoms with E-state index in [4.69, 9.17) is 0 Å². The highest BCUT2D eigenvalue weighted by Gasteiger charge is 2.53. The minimum absolute atomic E-state index is 0.194. The molecular formula is C15H19N3O4. The third-order valence-electron chi connectivity index (χ3n) is 3.27. The summed E-state index contributed by atoms with van der Waals surface area (Å²) in [6.45, 7) is 5.67. The van der Waals surface area contributed by atoms with Gasteiger partial charge in [-0.1, -0.05) is 0 Å². The molecule has 2 rings (SSSR count). The molecule has 1 fully saturated rings. The van der Waals surface area contributed by atoms with Crippen molar-refractivity contribution in [3.63, 3.8) is 0 Å². The van der Waals surface area contributed by atoms with Crippen molar-refractivity contribution in [2.45, 2.75) is 38.8 Å². The molecular weight excluding hydrogens is 286 g/mol. The first-order chi connectivity index (χ1) is 10.2. The van der Waals surface area contributed by atoms with Crippen LogP contribution in [0.1, 0.15) is 37.6 Å². The Balaban J connectivity index is 1.94. The van der Waals surface area contributed by atoms with Crippen LogP contribution < -0.4 is 10.6 Å². The van der Waals surface area contributed by atoms with Crippen LogP contribution in [-0.2, 0) is 4.79 Å². The van der Waals surface area contributed by atoms with Gasteiger partial charge in [0.1, 0.15) is 5.92 Å². The van der Waals surface area contributed by atoms with Gasteiger partial charge in [-0.3, -0.25) is 19.7 Å². The molecule has 0 radical (unpaired) electrons. The maximum Gasteiger partial charge on any atom is 0.251 e. The summed E-state index contributed by atoms with van der Waals surface area (Å²) in [4.78, 5) is 33.9. The number of amides is 2. The Bertz CT molecular complexity index is 604. The average Bonchev–Trinajstić information content (AvgIpc) is 3.17. The van der Waals surface area contributed by atoms with E-state index < -0.39 is 16.9 Å². The zero-order valence-electron chi connectivity index (χ0n) is 12.8. The van der Waals surface area contributed by atoms with E-state index in [1.54, 1.807) is 24.3 Å². The van der Waals surface area contributed by atoms with Gasteiger partial charge in [0, 0.05) is 28.1 Å². The molecule has 118 valence electrons. The van der Waals surface area contributed by atoms with Crippen LogP contribution in [0.3, 0.4) is 0 Å². The standard InChI is InChI=1S/C15H19N3O4/c1-15(2,3)17-13(19)9-4-6-10(7-5-9)16-14(20)11-8-12(11)18(21)22/h4-7,11-12H,8H2,1-3H3,(H,16,20)(H,17,19)/t11-,12-/m0/s1. The number of hydrogen-bond donors (Lipinski definition) is 2. The minimum Gasteiger partial charge on any atom is -0.347 e. The first-order valence-electron chi connectivity index (χ1n) is 7.04. The topological polar surface area (TPSA) is 101 Å². The van der Waals surface area contributed by atoms with Crippen molar-refractivity contribution in [1.29, 1.82) is 0 Å². The monoisotopic (exact) mass is 305 g/mol. The lowest BCUT2D eigenvalue weighted by atomic mass is 10.1. The van der Waals surface area contributed by atoms with E-state index in [-0.39, 0.29) is 23.8 Å². The van der Waals surface area contributed by atoms with E-state index in [0.29, 0.717) is 11.3 Å². The fourth-order valence-corrected chi connectivity index (χ4v) is 2.05. The molecule has 7 heteroatoms. The zero-order valence-corrected chi connectivity index (χ0v) is 12.8. The molecule has 0 aromatic heterocycles. The lowest BCUT2D eigenvalue weighted by Gasteiger charge is -2.20. The van der Waals surface area contributed by atoms with Gasteiger partial charge in [0.15, 0.2) is 0 Å². The zero-order chi connectivity index (χ0) is 16.5. The Kier molecular flexibility index (Phi) is 4.16. The molecule has 0 unspecified atom stereocenters. The molecule has 2 amide bonds. The second kappa shape index (κ2) is 5.75. The fraction of sp³-hybridized carbons (Fsp3) is 0.467. The van der Waals surface area contributed by atoms with Crippen LogP contribution in [0.15, 0.2) is 24.3 Å². The van der Waals surface area contributed by atoms with Crippen molar-refractivity contribution < 1.29 is 14.5 Å². The number of nitrogens with zero attached hydrogens (tertiary/aromatic N) is 1. The number of carbonyl (C=O) groups is 2. The fourth-order valence-electron chi connectivity index (χ4n) is 2.05. The molecule has 1 aliphatic carbocycles. The largest absolute Gasteiger partial charge is 0.347 e. The number of benzene rings is 1. The van der Waals surface area contributed by atoms with Crippen LogP contribution in [0.25, 0.3) is 0 Å². The van der Waals surface area contributed by atoms with Crippen LogP contribution in [0.2, 0.25) is 0 Å². The van der Waals surface area contributed by atoms with E-state index >= 15 is 0 Å². The second-order valence-corrected chi connectivity index (χ2v) is 6.47. The van der Waals surface area contributed by atoms with Crippen LogP contribution >= 0.6 is 0 Å². The van der Waals surface area contributed by atoms with E-state index in [2.05, 4.69) is 10.6 Å². The van der Waals surface area contributed by atoms with Gasteiger partial charge in [-0.25, -0.2) is 0 Å². The number of carbonyl (C=O) groups excluding carboxylic acids is 2. The maximum atomic E-state index is 12.0. The molecule has 1 aromatic rings. The molecule has 1 aliphatic rings. The Morgan fingerprint density at radius 3 is 2.27 bits per heavy atom. The van der Waals surface area contributed by atoms with E-state index in [1.165, 1.54) is 0 Å². The normalized spacial score (nSPS) is 20.1. The smallest absolute Gasteiger partial charge is 0.251 e. The van der Waals surface area contributed by atoms with E-state index in [1.807, 2.05) is 20.8 Å². The van der Waals surface area contributed by atoms with Gasteiger partial charge < -0.3 is 10.6 Å². The first-order valence-corrected chi connectivity index (χ1v) is 7.04. The molecule has 22 heavy (non-hydrogen) atoms. The lowest BCUT2D eigenvalue weighted by Crippen LogP contribution is -2.40. The van der Waals surface area contributed by atoms with Crippen LogP contribution in [0.5, 0.6) is 0 Å². The quantitative estimate of drug-likeness (QED) is 0.654. The molecule has 1 aromatic carbocycles. The predicted molar refractivity (Wildman–Crippen MR) is 81.2 cm³/mol.